The van der Waals surface area contributed by atoms with Crippen LogP contribution in [0.1, 0.15) is 15.9 Å². The Balaban J connectivity index is 1.98. The van der Waals surface area contributed by atoms with Crippen molar-refractivity contribution < 1.29 is 18.3 Å². The number of phenolic OH excluding ortho intramolecular Hbond substituents is 1. The van der Waals surface area contributed by atoms with Crippen LogP contribution in [0.2, 0.25) is 15.1 Å². The van der Waals surface area contributed by atoms with Gasteiger partial charge >= 0.3 is 0 Å². The van der Waals surface area contributed by atoms with Crippen molar-refractivity contribution in [3.63, 3.8) is 0 Å². The number of aryl methyl sites for hydroxylation is 1. The van der Waals surface area contributed by atoms with Crippen molar-refractivity contribution in [3.8, 4) is 5.75 Å². The molecule has 150 valence electrons. The molecule has 1 amide bonds. The second kappa shape index (κ2) is 8.24. The predicted octanol–water partition coefficient (Wildman–Crippen LogP) is 5.75. The highest BCUT2D eigenvalue weighted by molar-refractivity contribution is 7.91. The van der Waals surface area contributed by atoms with Crippen molar-refractivity contribution >= 4 is 56.2 Å². The first-order valence-electron chi connectivity index (χ1n) is 8.20. The molecule has 0 unspecified atom stereocenters. The lowest BCUT2D eigenvalue weighted by Gasteiger charge is -2.12. The van der Waals surface area contributed by atoms with Crippen LogP contribution in [-0.2, 0) is 9.84 Å². The number of benzene rings is 3. The van der Waals surface area contributed by atoms with Crippen LogP contribution < -0.4 is 5.32 Å². The van der Waals surface area contributed by atoms with Crippen molar-refractivity contribution in [2.24, 2.45) is 0 Å². The Labute approximate surface area is 182 Å². The Bertz CT molecular complexity index is 1210. The summed E-state index contributed by atoms with van der Waals surface area (Å²) in [4.78, 5) is 12.6. The zero-order valence-corrected chi connectivity index (χ0v) is 18.0. The summed E-state index contributed by atoms with van der Waals surface area (Å²) in [5.74, 6) is -0.913. The summed E-state index contributed by atoms with van der Waals surface area (Å²) >= 11 is 17.9. The molecule has 0 aliphatic carbocycles. The summed E-state index contributed by atoms with van der Waals surface area (Å²) in [6, 6.07) is 12.5. The molecule has 0 radical (unpaired) electrons. The second-order valence-corrected chi connectivity index (χ2v) is 9.40. The maximum Gasteiger partial charge on any atom is 0.259 e. The molecule has 3 aromatic rings. The molecule has 0 aromatic heterocycles. The molecule has 0 fully saturated rings. The Morgan fingerprint density at radius 1 is 0.897 bits per heavy atom. The number of anilines is 1. The van der Waals surface area contributed by atoms with E-state index in [1.165, 1.54) is 54.6 Å². The molecule has 0 saturated carbocycles. The third-order valence-electron chi connectivity index (χ3n) is 4.13. The molecule has 0 aliphatic heterocycles. The monoisotopic (exact) mass is 469 g/mol. The van der Waals surface area contributed by atoms with Crippen molar-refractivity contribution in [1.29, 1.82) is 0 Å². The van der Waals surface area contributed by atoms with E-state index >= 15 is 0 Å². The number of aromatic hydroxyl groups is 1. The molecule has 0 heterocycles. The number of hydrogen-bond donors (Lipinski definition) is 2. The lowest BCUT2D eigenvalue weighted by Crippen LogP contribution is -2.13. The molecule has 9 heteroatoms. The van der Waals surface area contributed by atoms with Gasteiger partial charge in [0.05, 0.1) is 26.1 Å². The van der Waals surface area contributed by atoms with Gasteiger partial charge in [-0.05, 0) is 67.1 Å². The molecule has 0 spiro atoms. The van der Waals surface area contributed by atoms with Crippen molar-refractivity contribution in [3.05, 3.63) is 80.8 Å². The minimum absolute atomic E-state index is 0.0459. The first kappa shape index (κ1) is 21.5. The van der Waals surface area contributed by atoms with E-state index in [0.29, 0.717) is 10.6 Å². The van der Waals surface area contributed by atoms with Crippen LogP contribution >= 0.6 is 34.8 Å². The van der Waals surface area contributed by atoms with Gasteiger partial charge in [-0.2, -0.15) is 0 Å². The van der Waals surface area contributed by atoms with E-state index in [1.54, 1.807) is 6.92 Å². The molecule has 0 saturated heterocycles. The van der Waals surface area contributed by atoms with Gasteiger partial charge in [-0.15, -0.1) is 0 Å². The fourth-order valence-electron chi connectivity index (χ4n) is 2.62. The smallest absolute Gasteiger partial charge is 0.259 e. The van der Waals surface area contributed by atoms with Gasteiger partial charge < -0.3 is 10.4 Å². The van der Waals surface area contributed by atoms with Gasteiger partial charge in [0.15, 0.2) is 0 Å². The highest BCUT2D eigenvalue weighted by Crippen LogP contribution is 2.31. The Morgan fingerprint density at radius 2 is 1.52 bits per heavy atom. The number of hydrogen-bond acceptors (Lipinski definition) is 4. The Kier molecular flexibility index (Phi) is 6.10. The van der Waals surface area contributed by atoms with Crippen LogP contribution in [0.5, 0.6) is 5.75 Å². The van der Waals surface area contributed by atoms with Gasteiger partial charge in [-0.3, -0.25) is 4.79 Å². The van der Waals surface area contributed by atoms with E-state index in [1.807, 2.05) is 0 Å². The SMILES string of the molecule is Cc1cc(Cl)cc(C(=O)Nc2cc(S(=O)(=O)c3ccc(Cl)cc3)ccc2Cl)c1O. The normalized spacial score (nSPS) is 11.3. The molecular weight excluding hydrogens is 457 g/mol. The fourth-order valence-corrected chi connectivity index (χ4v) is 4.47. The molecule has 0 atom stereocenters. The van der Waals surface area contributed by atoms with E-state index in [2.05, 4.69) is 5.32 Å². The molecule has 5 nitrogen and oxygen atoms in total. The highest BCUT2D eigenvalue weighted by Gasteiger charge is 2.21. The summed E-state index contributed by atoms with van der Waals surface area (Å²) in [5.41, 5.74) is 0.438. The van der Waals surface area contributed by atoms with Crippen LogP contribution in [-0.4, -0.2) is 19.4 Å². The van der Waals surface area contributed by atoms with Gasteiger partial charge in [0.25, 0.3) is 5.91 Å². The van der Waals surface area contributed by atoms with Gasteiger partial charge in [0, 0.05) is 10.0 Å². The van der Waals surface area contributed by atoms with Crippen molar-refractivity contribution in [2.45, 2.75) is 16.7 Å². The quantitative estimate of drug-likeness (QED) is 0.509. The van der Waals surface area contributed by atoms with Crippen LogP contribution in [0.3, 0.4) is 0 Å². The standard InChI is InChI=1S/C20H14Cl3NO4S/c1-11-8-13(22)9-16(19(11)25)20(26)24-18-10-15(6-7-17(18)23)29(27,28)14-4-2-12(21)3-5-14/h2-10,25H,1H3,(H,24,26). The first-order chi connectivity index (χ1) is 13.6. The van der Waals surface area contributed by atoms with Crippen LogP contribution in [0.25, 0.3) is 0 Å². The molecule has 2 N–H and O–H groups in total. The lowest BCUT2D eigenvalue weighted by atomic mass is 10.1. The van der Waals surface area contributed by atoms with Gasteiger partial charge in [-0.25, -0.2) is 8.42 Å². The predicted molar refractivity (Wildman–Crippen MR) is 114 cm³/mol. The third-order valence-corrected chi connectivity index (χ3v) is 6.70. The lowest BCUT2D eigenvalue weighted by molar-refractivity contribution is 0.102. The molecule has 0 aliphatic rings. The maximum absolute atomic E-state index is 12.9. The van der Waals surface area contributed by atoms with E-state index in [9.17, 15) is 18.3 Å². The summed E-state index contributed by atoms with van der Waals surface area (Å²) in [7, 11) is -3.86. The number of halogens is 3. The first-order valence-corrected chi connectivity index (χ1v) is 10.8. The Hall–Kier alpha value is -2.25. The molecular formula is C20H14Cl3NO4S. The van der Waals surface area contributed by atoms with Crippen molar-refractivity contribution in [1.82, 2.24) is 0 Å². The topological polar surface area (TPSA) is 83.5 Å². The van der Waals surface area contributed by atoms with Gasteiger partial charge in [0.2, 0.25) is 9.84 Å². The van der Waals surface area contributed by atoms with E-state index in [-0.39, 0.29) is 36.8 Å². The fraction of sp³-hybridized carbons (Fsp3) is 0.0500. The minimum Gasteiger partial charge on any atom is -0.507 e. The summed E-state index contributed by atoms with van der Waals surface area (Å²) < 4.78 is 25.7. The largest absolute Gasteiger partial charge is 0.507 e. The van der Waals surface area contributed by atoms with Gasteiger partial charge in [-0.1, -0.05) is 34.8 Å². The Morgan fingerprint density at radius 3 is 2.17 bits per heavy atom. The highest BCUT2D eigenvalue weighted by atomic mass is 35.5. The van der Waals surface area contributed by atoms with E-state index in [0.717, 1.165) is 0 Å². The van der Waals surface area contributed by atoms with Gasteiger partial charge in [0.1, 0.15) is 5.75 Å². The van der Waals surface area contributed by atoms with Crippen LogP contribution in [0.4, 0.5) is 5.69 Å². The summed E-state index contributed by atoms with van der Waals surface area (Å²) in [5, 5.41) is 13.5. The van der Waals surface area contributed by atoms with Crippen molar-refractivity contribution in [2.75, 3.05) is 5.32 Å². The van der Waals surface area contributed by atoms with Crippen LogP contribution in [0.15, 0.2) is 64.4 Å². The zero-order valence-electron chi connectivity index (χ0n) is 14.9. The number of rotatable bonds is 4. The molecule has 3 aromatic carbocycles. The molecule has 3 rings (SSSR count). The minimum atomic E-state index is -3.86. The maximum atomic E-state index is 12.9. The number of carbonyl (C=O) groups excluding carboxylic acids is 1. The number of sulfone groups is 1. The molecule has 0 bridgehead atoms. The number of phenols is 1. The average Bonchev–Trinajstić information content (AvgIpc) is 2.66. The number of nitrogens with one attached hydrogen (secondary N) is 1. The average molecular weight is 471 g/mol. The number of amides is 1. The molecule has 29 heavy (non-hydrogen) atoms. The number of carbonyl (C=O) groups is 1. The zero-order chi connectivity index (χ0) is 21.3. The second-order valence-electron chi connectivity index (χ2n) is 6.17. The van der Waals surface area contributed by atoms with E-state index < -0.39 is 15.7 Å². The summed E-state index contributed by atoms with van der Waals surface area (Å²) in [6.45, 7) is 1.60. The van der Waals surface area contributed by atoms with Crippen LogP contribution in [0, 0.1) is 6.92 Å². The third kappa shape index (κ3) is 4.51. The van der Waals surface area contributed by atoms with E-state index in [4.69, 9.17) is 34.8 Å². The summed E-state index contributed by atoms with van der Waals surface area (Å²) in [6.07, 6.45) is 0.